The Morgan fingerprint density at radius 3 is 3.00 bits per heavy atom. The zero-order chi connectivity index (χ0) is 14.1. The summed E-state index contributed by atoms with van der Waals surface area (Å²) in [6.07, 6.45) is 8.41. The number of fused-ring (bicyclic) bond motifs is 1. The van der Waals surface area contributed by atoms with E-state index in [1.807, 2.05) is 0 Å². The second-order valence-electron chi connectivity index (χ2n) is 7.83. The zero-order valence-electron chi connectivity index (χ0n) is 13.1. The number of hydrogen-bond donors (Lipinski definition) is 1. The van der Waals surface area contributed by atoms with Gasteiger partial charge in [-0.2, -0.15) is 0 Å². The molecule has 3 fully saturated rings. The van der Waals surface area contributed by atoms with Gasteiger partial charge in [0.15, 0.2) is 0 Å². The number of piperidine rings is 1. The molecule has 4 aliphatic rings. The molecular formula is C19H26N2. The van der Waals surface area contributed by atoms with Crippen LogP contribution in [0.1, 0.15) is 51.0 Å². The molecule has 4 atom stereocenters. The van der Waals surface area contributed by atoms with Crippen LogP contribution in [-0.4, -0.2) is 30.1 Å². The van der Waals surface area contributed by atoms with E-state index in [4.69, 9.17) is 0 Å². The van der Waals surface area contributed by atoms with E-state index in [0.29, 0.717) is 16.9 Å². The first kappa shape index (κ1) is 12.5. The van der Waals surface area contributed by atoms with Gasteiger partial charge in [0.25, 0.3) is 0 Å². The summed E-state index contributed by atoms with van der Waals surface area (Å²) in [6, 6.07) is 10.7. The molecule has 112 valence electrons. The Morgan fingerprint density at radius 2 is 2.10 bits per heavy atom. The smallest absolute Gasteiger partial charge is 0.0382 e. The van der Waals surface area contributed by atoms with Crippen LogP contribution >= 0.6 is 0 Å². The summed E-state index contributed by atoms with van der Waals surface area (Å²) >= 11 is 0. The van der Waals surface area contributed by atoms with Crippen LogP contribution in [0.3, 0.4) is 0 Å². The van der Waals surface area contributed by atoms with E-state index in [-0.39, 0.29) is 0 Å². The Hall–Kier alpha value is -1.02. The van der Waals surface area contributed by atoms with Gasteiger partial charge in [-0.1, -0.05) is 25.1 Å². The maximum absolute atomic E-state index is 3.90. The van der Waals surface area contributed by atoms with Crippen LogP contribution in [0.15, 0.2) is 24.3 Å². The minimum absolute atomic E-state index is 0.408. The summed E-state index contributed by atoms with van der Waals surface area (Å²) in [7, 11) is 0. The molecule has 1 spiro atoms. The van der Waals surface area contributed by atoms with E-state index in [9.17, 15) is 0 Å². The predicted molar refractivity (Wildman–Crippen MR) is 86.7 cm³/mol. The molecule has 3 aliphatic heterocycles. The van der Waals surface area contributed by atoms with Crippen molar-refractivity contribution in [1.82, 2.24) is 4.90 Å². The highest BCUT2D eigenvalue weighted by Crippen LogP contribution is 2.63. The lowest BCUT2D eigenvalue weighted by atomic mass is 9.52. The topological polar surface area (TPSA) is 15.3 Å². The molecule has 21 heavy (non-hydrogen) atoms. The lowest BCUT2D eigenvalue weighted by Gasteiger charge is -2.58. The van der Waals surface area contributed by atoms with Gasteiger partial charge in [0, 0.05) is 23.2 Å². The third kappa shape index (κ3) is 1.34. The van der Waals surface area contributed by atoms with Crippen molar-refractivity contribution in [2.24, 2.45) is 5.41 Å². The first-order chi connectivity index (χ1) is 10.3. The standard InChI is InChI=1S/C19H26N2/c1-2-18-9-5-12-21-13-11-19(17(18)21)14-6-3-4-7-15(14)20-16(19)8-10-18/h3-4,6-7,16-17,20H,2,5,8-13H2,1H3/t16-,17-,18+,19-/m0/s1. The number of hydrogen-bond acceptors (Lipinski definition) is 2. The highest BCUT2D eigenvalue weighted by molar-refractivity contribution is 5.64. The molecule has 3 heterocycles. The summed E-state index contributed by atoms with van der Waals surface area (Å²) < 4.78 is 0. The van der Waals surface area contributed by atoms with Crippen molar-refractivity contribution in [3.63, 3.8) is 0 Å². The number of para-hydroxylation sites is 1. The largest absolute Gasteiger partial charge is 0.381 e. The third-order valence-corrected chi connectivity index (χ3v) is 7.38. The Labute approximate surface area is 127 Å². The van der Waals surface area contributed by atoms with Crippen molar-refractivity contribution in [3.8, 4) is 0 Å². The third-order valence-electron chi connectivity index (χ3n) is 7.38. The Bertz CT molecular complexity index is 583. The molecule has 0 aromatic heterocycles. The highest BCUT2D eigenvalue weighted by Gasteiger charge is 2.65. The van der Waals surface area contributed by atoms with E-state index in [1.165, 1.54) is 57.3 Å². The van der Waals surface area contributed by atoms with Gasteiger partial charge in [-0.05, 0) is 68.7 Å². The molecule has 1 saturated carbocycles. The average Bonchev–Trinajstić information content (AvgIpc) is 3.08. The fourth-order valence-electron chi connectivity index (χ4n) is 6.60. The van der Waals surface area contributed by atoms with Gasteiger partial charge in [0.1, 0.15) is 0 Å². The maximum atomic E-state index is 3.90. The fourth-order valence-corrected chi connectivity index (χ4v) is 6.60. The van der Waals surface area contributed by atoms with Crippen LogP contribution in [0, 0.1) is 5.41 Å². The van der Waals surface area contributed by atoms with Crippen molar-refractivity contribution in [2.45, 2.75) is 62.9 Å². The lowest BCUT2D eigenvalue weighted by Crippen LogP contribution is -2.63. The van der Waals surface area contributed by atoms with Gasteiger partial charge in [-0.3, -0.25) is 4.90 Å². The van der Waals surface area contributed by atoms with Gasteiger partial charge < -0.3 is 5.32 Å². The van der Waals surface area contributed by atoms with Gasteiger partial charge in [-0.15, -0.1) is 0 Å². The van der Waals surface area contributed by atoms with Gasteiger partial charge in [0.05, 0.1) is 0 Å². The zero-order valence-corrected chi connectivity index (χ0v) is 13.1. The molecule has 1 N–H and O–H groups in total. The molecule has 1 aromatic carbocycles. The molecule has 5 rings (SSSR count). The van der Waals surface area contributed by atoms with Crippen LogP contribution in [0.25, 0.3) is 0 Å². The van der Waals surface area contributed by atoms with E-state index in [0.717, 1.165) is 6.04 Å². The number of rotatable bonds is 1. The normalized spacial score (nSPS) is 43.9. The summed E-state index contributed by atoms with van der Waals surface area (Å²) in [5.74, 6) is 0. The molecular weight excluding hydrogens is 256 g/mol. The molecule has 2 heteroatoms. The van der Waals surface area contributed by atoms with E-state index >= 15 is 0 Å². The molecule has 0 radical (unpaired) electrons. The fraction of sp³-hybridized carbons (Fsp3) is 0.684. The van der Waals surface area contributed by atoms with Gasteiger partial charge in [0.2, 0.25) is 0 Å². The quantitative estimate of drug-likeness (QED) is 0.843. The predicted octanol–water partition coefficient (Wildman–Crippen LogP) is 3.78. The van der Waals surface area contributed by atoms with Crippen molar-refractivity contribution < 1.29 is 0 Å². The molecule has 1 aliphatic carbocycles. The Balaban J connectivity index is 1.72. The number of anilines is 1. The van der Waals surface area contributed by atoms with Crippen molar-refractivity contribution >= 4 is 5.69 Å². The van der Waals surface area contributed by atoms with E-state index in [2.05, 4.69) is 41.4 Å². The van der Waals surface area contributed by atoms with Gasteiger partial charge >= 0.3 is 0 Å². The SMILES string of the molecule is CC[C@@]12CCCN3CC[C@@]4(c5ccccc5N[C@H]4CC1)[C@@H]32. The van der Waals surface area contributed by atoms with Crippen molar-refractivity contribution in [3.05, 3.63) is 29.8 Å². The monoisotopic (exact) mass is 282 g/mol. The van der Waals surface area contributed by atoms with E-state index < -0.39 is 0 Å². The highest BCUT2D eigenvalue weighted by atomic mass is 15.2. The first-order valence-electron chi connectivity index (χ1n) is 8.90. The number of nitrogens with one attached hydrogen (secondary N) is 1. The van der Waals surface area contributed by atoms with E-state index in [1.54, 1.807) is 5.56 Å². The van der Waals surface area contributed by atoms with Crippen LogP contribution in [0.5, 0.6) is 0 Å². The minimum Gasteiger partial charge on any atom is -0.381 e. The summed E-state index contributed by atoms with van der Waals surface area (Å²) in [5, 5.41) is 3.90. The van der Waals surface area contributed by atoms with Crippen LogP contribution in [0.2, 0.25) is 0 Å². The average molecular weight is 282 g/mol. The summed E-state index contributed by atoms with van der Waals surface area (Å²) in [5.41, 5.74) is 4.07. The minimum atomic E-state index is 0.408. The van der Waals surface area contributed by atoms with Crippen molar-refractivity contribution in [2.75, 3.05) is 18.4 Å². The number of benzene rings is 1. The second kappa shape index (κ2) is 4.04. The van der Waals surface area contributed by atoms with Gasteiger partial charge in [-0.25, -0.2) is 0 Å². The molecule has 1 aromatic rings. The van der Waals surface area contributed by atoms with Crippen LogP contribution in [-0.2, 0) is 5.41 Å². The molecule has 2 nitrogen and oxygen atoms in total. The van der Waals surface area contributed by atoms with Crippen molar-refractivity contribution in [1.29, 1.82) is 0 Å². The Kier molecular flexibility index (Phi) is 2.41. The van der Waals surface area contributed by atoms with Crippen LogP contribution < -0.4 is 5.32 Å². The maximum Gasteiger partial charge on any atom is 0.0382 e. The number of nitrogens with zero attached hydrogens (tertiary/aromatic N) is 1. The second-order valence-corrected chi connectivity index (χ2v) is 7.83. The van der Waals surface area contributed by atoms with Crippen LogP contribution in [0.4, 0.5) is 5.69 Å². The summed E-state index contributed by atoms with van der Waals surface area (Å²) in [6.45, 7) is 5.10. The molecule has 0 bridgehead atoms. The lowest BCUT2D eigenvalue weighted by molar-refractivity contribution is -0.0309. The Morgan fingerprint density at radius 1 is 1.19 bits per heavy atom. The summed E-state index contributed by atoms with van der Waals surface area (Å²) in [4.78, 5) is 2.86. The molecule has 0 amide bonds. The molecule has 0 unspecified atom stereocenters. The first-order valence-corrected chi connectivity index (χ1v) is 8.90. The molecule has 2 saturated heterocycles.